The Labute approximate surface area is 101 Å². The molecule has 0 aromatic rings. The molecule has 1 N–H and O–H groups in total. The second-order valence-electron chi connectivity index (χ2n) is 5.61. The molecule has 0 aromatic carbocycles. The van der Waals surface area contributed by atoms with E-state index in [-0.39, 0.29) is 0 Å². The zero-order valence-corrected chi connectivity index (χ0v) is 10.9. The van der Waals surface area contributed by atoms with Crippen molar-refractivity contribution < 1.29 is 0 Å². The van der Waals surface area contributed by atoms with Gasteiger partial charge >= 0.3 is 0 Å². The van der Waals surface area contributed by atoms with Crippen molar-refractivity contribution in [3.63, 3.8) is 0 Å². The molecule has 1 unspecified atom stereocenters. The first-order valence-corrected chi connectivity index (χ1v) is 7.36. The van der Waals surface area contributed by atoms with Gasteiger partial charge in [-0.1, -0.05) is 19.8 Å². The number of rotatable bonds is 6. The normalized spacial score (nSPS) is 25.3. The summed E-state index contributed by atoms with van der Waals surface area (Å²) >= 11 is 0. The summed E-state index contributed by atoms with van der Waals surface area (Å²) in [5.74, 6) is 0.965. The summed E-state index contributed by atoms with van der Waals surface area (Å²) in [5.41, 5.74) is 0. The fourth-order valence-corrected chi connectivity index (χ4v) is 3.31. The highest BCUT2D eigenvalue weighted by Crippen LogP contribution is 2.28. The summed E-state index contributed by atoms with van der Waals surface area (Å²) in [7, 11) is 0. The highest BCUT2D eigenvalue weighted by molar-refractivity contribution is 4.84. The smallest absolute Gasteiger partial charge is 0.0223 e. The van der Waals surface area contributed by atoms with Crippen LogP contribution < -0.4 is 5.32 Å². The molecule has 1 atom stereocenters. The van der Waals surface area contributed by atoms with Gasteiger partial charge in [0.05, 0.1) is 0 Å². The van der Waals surface area contributed by atoms with E-state index in [4.69, 9.17) is 0 Å². The molecule has 0 radical (unpaired) electrons. The minimum Gasteiger partial charge on any atom is -0.312 e. The van der Waals surface area contributed by atoms with Crippen LogP contribution in [0.3, 0.4) is 0 Å². The highest BCUT2D eigenvalue weighted by atomic mass is 15.2. The molecule has 1 saturated heterocycles. The molecule has 2 nitrogen and oxygen atoms in total. The lowest BCUT2D eigenvalue weighted by atomic mass is 9.97. The summed E-state index contributed by atoms with van der Waals surface area (Å²) in [6.07, 6.45) is 9.98. The fourth-order valence-electron chi connectivity index (χ4n) is 3.31. The van der Waals surface area contributed by atoms with Gasteiger partial charge in [-0.2, -0.15) is 0 Å². The van der Waals surface area contributed by atoms with Crippen molar-refractivity contribution in [2.45, 2.75) is 57.9 Å². The van der Waals surface area contributed by atoms with E-state index in [1.807, 2.05) is 0 Å². The predicted molar refractivity (Wildman–Crippen MR) is 69.7 cm³/mol. The van der Waals surface area contributed by atoms with Crippen LogP contribution in [0.4, 0.5) is 0 Å². The Balaban J connectivity index is 1.80. The second-order valence-corrected chi connectivity index (χ2v) is 5.61. The van der Waals surface area contributed by atoms with Crippen molar-refractivity contribution in [1.82, 2.24) is 10.2 Å². The standard InChI is InChI=1S/C14H28N2/c1-2-9-15-14(13-7-3-4-8-13)12-16-10-5-6-11-16/h13-15H,2-12H2,1H3. The van der Waals surface area contributed by atoms with Gasteiger partial charge in [0, 0.05) is 12.6 Å². The third-order valence-electron chi connectivity index (χ3n) is 4.28. The molecular weight excluding hydrogens is 196 g/mol. The minimum absolute atomic E-state index is 0.778. The van der Waals surface area contributed by atoms with Gasteiger partial charge < -0.3 is 10.2 Å². The Morgan fingerprint density at radius 1 is 1.12 bits per heavy atom. The van der Waals surface area contributed by atoms with E-state index in [2.05, 4.69) is 17.1 Å². The largest absolute Gasteiger partial charge is 0.312 e. The van der Waals surface area contributed by atoms with Crippen LogP contribution in [-0.4, -0.2) is 37.1 Å². The van der Waals surface area contributed by atoms with Crippen LogP contribution in [0, 0.1) is 5.92 Å². The van der Waals surface area contributed by atoms with E-state index in [9.17, 15) is 0 Å². The summed E-state index contributed by atoms with van der Waals surface area (Å²) in [6.45, 7) is 7.47. The second kappa shape index (κ2) is 6.61. The predicted octanol–water partition coefficient (Wildman–Crippen LogP) is 2.64. The number of hydrogen-bond donors (Lipinski definition) is 1. The monoisotopic (exact) mass is 224 g/mol. The van der Waals surface area contributed by atoms with Crippen molar-refractivity contribution in [2.75, 3.05) is 26.2 Å². The average Bonchev–Trinajstić information content (AvgIpc) is 2.96. The first kappa shape index (κ1) is 12.4. The van der Waals surface area contributed by atoms with Crippen molar-refractivity contribution in [2.24, 2.45) is 5.92 Å². The number of nitrogens with zero attached hydrogens (tertiary/aromatic N) is 1. The molecular formula is C14H28N2. The van der Waals surface area contributed by atoms with Crippen LogP contribution in [0.25, 0.3) is 0 Å². The van der Waals surface area contributed by atoms with Gasteiger partial charge in [-0.3, -0.25) is 0 Å². The van der Waals surface area contributed by atoms with E-state index in [1.165, 1.54) is 71.1 Å². The molecule has 1 heterocycles. The Morgan fingerprint density at radius 2 is 1.81 bits per heavy atom. The van der Waals surface area contributed by atoms with Crippen molar-refractivity contribution >= 4 is 0 Å². The number of nitrogens with one attached hydrogen (secondary N) is 1. The van der Waals surface area contributed by atoms with E-state index in [0.717, 1.165) is 12.0 Å². The van der Waals surface area contributed by atoms with E-state index in [1.54, 1.807) is 0 Å². The van der Waals surface area contributed by atoms with Gasteiger partial charge in [0.1, 0.15) is 0 Å². The molecule has 1 aliphatic heterocycles. The molecule has 0 aromatic heterocycles. The summed E-state index contributed by atoms with van der Waals surface area (Å²) < 4.78 is 0. The lowest BCUT2D eigenvalue weighted by Gasteiger charge is -2.29. The summed E-state index contributed by atoms with van der Waals surface area (Å²) in [6, 6.07) is 0.778. The molecule has 94 valence electrons. The first-order chi connectivity index (χ1) is 7.90. The zero-order valence-electron chi connectivity index (χ0n) is 10.9. The van der Waals surface area contributed by atoms with Crippen LogP contribution in [0.2, 0.25) is 0 Å². The number of hydrogen-bond acceptors (Lipinski definition) is 2. The van der Waals surface area contributed by atoms with Crippen LogP contribution in [0.5, 0.6) is 0 Å². The van der Waals surface area contributed by atoms with Gasteiger partial charge in [-0.05, 0) is 57.7 Å². The summed E-state index contributed by atoms with van der Waals surface area (Å²) in [4.78, 5) is 2.67. The third kappa shape index (κ3) is 3.46. The van der Waals surface area contributed by atoms with E-state index < -0.39 is 0 Å². The lowest BCUT2D eigenvalue weighted by Crippen LogP contribution is -2.44. The fraction of sp³-hybridized carbons (Fsp3) is 1.00. The van der Waals surface area contributed by atoms with Gasteiger partial charge in [-0.15, -0.1) is 0 Å². The summed E-state index contributed by atoms with van der Waals surface area (Å²) in [5, 5.41) is 3.80. The lowest BCUT2D eigenvalue weighted by molar-refractivity contribution is 0.241. The van der Waals surface area contributed by atoms with Crippen LogP contribution in [0.15, 0.2) is 0 Å². The Morgan fingerprint density at radius 3 is 2.44 bits per heavy atom. The zero-order chi connectivity index (χ0) is 11.2. The first-order valence-electron chi connectivity index (χ1n) is 7.36. The Hall–Kier alpha value is -0.0800. The Bertz CT molecular complexity index is 181. The maximum Gasteiger partial charge on any atom is 0.0223 e. The number of likely N-dealkylation sites (tertiary alicyclic amines) is 1. The third-order valence-corrected chi connectivity index (χ3v) is 4.28. The van der Waals surface area contributed by atoms with Crippen molar-refractivity contribution in [1.29, 1.82) is 0 Å². The van der Waals surface area contributed by atoms with Gasteiger partial charge in [0.15, 0.2) is 0 Å². The average molecular weight is 224 g/mol. The molecule has 0 amide bonds. The van der Waals surface area contributed by atoms with Gasteiger partial charge in [-0.25, -0.2) is 0 Å². The van der Waals surface area contributed by atoms with Crippen LogP contribution in [0.1, 0.15) is 51.9 Å². The van der Waals surface area contributed by atoms with E-state index >= 15 is 0 Å². The van der Waals surface area contributed by atoms with Crippen LogP contribution >= 0.6 is 0 Å². The molecule has 0 bridgehead atoms. The maximum absolute atomic E-state index is 3.80. The molecule has 16 heavy (non-hydrogen) atoms. The molecule has 1 saturated carbocycles. The van der Waals surface area contributed by atoms with E-state index in [0.29, 0.717) is 0 Å². The topological polar surface area (TPSA) is 15.3 Å². The van der Waals surface area contributed by atoms with Crippen LogP contribution in [-0.2, 0) is 0 Å². The molecule has 2 fully saturated rings. The van der Waals surface area contributed by atoms with Gasteiger partial charge in [0.25, 0.3) is 0 Å². The Kier molecular flexibility index (Phi) is 5.11. The molecule has 2 heteroatoms. The van der Waals surface area contributed by atoms with Crippen molar-refractivity contribution in [3.8, 4) is 0 Å². The molecule has 0 spiro atoms. The molecule has 2 rings (SSSR count). The maximum atomic E-state index is 3.80. The minimum atomic E-state index is 0.778. The molecule has 1 aliphatic carbocycles. The highest BCUT2D eigenvalue weighted by Gasteiger charge is 2.26. The SMILES string of the molecule is CCCNC(CN1CCCC1)C1CCCC1. The molecule has 2 aliphatic rings. The van der Waals surface area contributed by atoms with Gasteiger partial charge in [0.2, 0.25) is 0 Å². The quantitative estimate of drug-likeness (QED) is 0.746. The van der Waals surface area contributed by atoms with Crippen molar-refractivity contribution in [3.05, 3.63) is 0 Å².